The van der Waals surface area contributed by atoms with Crippen LogP contribution in [0.2, 0.25) is 0 Å². The van der Waals surface area contributed by atoms with Crippen molar-refractivity contribution < 1.29 is 4.74 Å². The average molecular weight is 300 g/mol. The zero-order chi connectivity index (χ0) is 16.7. The lowest BCUT2D eigenvalue weighted by molar-refractivity contribution is 0.124. The van der Waals surface area contributed by atoms with Gasteiger partial charge < -0.3 is 4.74 Å². The number of ether oxygens (including phenoxy) is 1. The topological polar surface area (TPSA) is 104 Å². The van der Waals surface area contributed by atoms with Gasteiger partial charge in [-0.2, -0.15) is 15.8 Å². The van der Waals surface area contributed by atoms with E-state index in [4.69, 9.17) is 20.7 Å². The fourth-order valence-electron chi connectivity index (χ4n) is 2.35. The number of nitrogens with zero attached hydrogens (tertiary/aromatic N) is 3. The largest absolute Gasteiger partial charge is 0.376 e. The van der Waals surface area contributed by atoms with E-state index in [1.165, 1.54) is 0 Å². The highest BCUT2D eigenvalue weighted by Gasteiger charge is 2.29. The van der Waals surface area contributed by atoms with Gasteiger partial charge in [0.25, 0.3) is 0 Å². The molecule has 1 aliphatic rings. The molecule has 0 unspecified atom stereocenters. The molecule has 0 atom stereocenters. The minimum Gasteiger partial charge on any atom is -0.376 e. The lowest BCUT2D eigenvalue weighted by Crippen LogP contribution is -2.00. The minimum atomic E-state index is 0.0165. The third-order valence-corrected chi connectivity index (χ3v) is 3.42. The molecule has 1 aromatic carbocycles. The molecule has 0 aliphatic heterocycles. The monoisotopic (exact) mass is 300 g/mol. The molecular formula is C18H12N4O. The standard InChI is InChI=1S/C18H12N4O/c19-8-15-14(16(9-20)18(11-22)17(15)10-21)6-7-23-12-13-4-2-1-3-5-13/h1-5,19H,6-7,12H2. The number of benzene rings is 1. The Bertz CT molecular complexity index is 851. The molecule has 0 fully saturated rings. The molecule has 1 aromatic rings. The lowest BCUT2D eigenvalue weighted by Gasteiger charge is -2.06. The Kier molecular flexibility index (Phi) is 5.24. The van der Waals surface area contributed by atoms with Crippen molar-refractivity contribution in [3.05, 3.63) is 63.8 Å². The zero-order valence-corrected chi connectivity index (χ0v) is 12.3. The average Bonchev–Trinajstić information content (AvgIpc) is 2.91. The van der Waals surface area contributed by atoms with Gasteiger partial charge in [0.15, 0.2) is 0 Å². The van der Waals surface area contributed by atoms with Crippen molar-refractivity contribution in [1.29, 1.82) is 21.2 Å². The number of hydrogen-bond donors (Lipinski definition) is 1. The first-order valence-corrected chi connectivity index (χ1v) is 6.87. The maximum absolute atomic E-state index is 9.25. The fraction of sp³-hybridized carbons (Fsp3) is 0.167. The van der Waals surface area contributed by atoms with E-state index >= 15 is 0 Å². The van der Waals surface area contributed by atoms with Crippen LogP contribution in [0.15, 0.2) is 58.2 Å². The number of allylic oxidation sites excluding steroid dienone is 4. The first-order chi connectivity index (χ1) is 11.3. The normalized spacial score (nSPS) is 13.3. The maximum Gasteiger partial charge on any atom is 0.102 e. The van der Waals surface area contributed by atoms with Crippen LogP contribution in [0.3, 0.4) is 0 Å². The molecule has 1 aliphatic carbocycles. The molecule has 1 N–H and O–H groups in total. The van der Waals surface area contributed by atoms with Crippen molar-refractivity contribution in [3.63, 3.8) is 0 Å². The predicted octanol–water partition coefficient (Wildman–Crippen LogP) is 2.95. The van der Waals surface area contributed by atoms with Crippen molar-refractivity contribution in [1.82, 2.24) is 0 Å². The predicted molar refractivity (Wildman–Crippen MR) is 82.8 cm³/mol. The van der Waals surface area contributed by atoms with Gasteiger partial charge in [-0.15, -0.1) is 0 Å². The molecule has 0 spiro atoms. The first kappa shape index (κ1) is 16.0. The molecule has 110 valence electrons. The Labute approximate surface area is 134 Å². The number of nitrogens with one attached hydrogen (secondary N) is 1. The van der Waals surface area contributed by atoms with E-state index in [2.05, 4.69) is 5.87 Å². The highest BCUT2D eigenvalue weighted by atomic mass is 16.5. The summed E-state index contributed by atoms with van der Waals surface area (Å²) in [6.07, 6.45) is 0.341. The molecule has 0 heterocycles. The number of hydrogen-bond acceptors (Lipinski definition) is 5. The molecule has 0 bridgehead atoms. The summed E-state index contributed by atoms with van der Waals surface area (Å²) in [4.78, 5) is 0. The highest BCUT2D eigenvalue weighted by molar-refractivity contribution is 5.84. The first-order valence-electron chi connectivity index (χ1n) is 6.87. The fourth-order valence-corrected chi connectivity index (χ4v) is 2.35. The van der Waals surface area contributed by atoms with Gasteiger partial charge in [-0.05, 0) is 23.4 Å². The molecule has 0 aromatic heterocycles. The van der Waals surface area contributed by atoms with E-state index in [9.17, 15) is 5.26 Å². The Balaban J connectivity index is 2.10. The Morgan fingerprint density at radius 2 is 1.57 bits per heavy atom. The van der Waals surface area contributed by atoms with Gasteiger partial charge in [0, 0.05) is 0 Å². The molecular weight excluding hydrogens is 288 g/mol. The second-order valence-corrected chi connectivity index (χ2v) is 4.73. The molecule has 2 rings (SSSR count). The summed E-state index contributed by atoms with van der Waals surface area (Å²) in [5.74, 6) is 2.17. The van der Waals surface area contributed by atoms with Crippen LogP contribution in [0.5, 0.6) is 0 Å². The van der Waals surface area contributed by atoms with Crippen molar-refractivity contribution in [3.8, 4) is 18.2 Å². The summed E-state index contributed by atoms with van der Waals surface area (Å²) >= 11 is 0. The summed E-state index contributed by atoms with van der Waals surface area (Å²) in [6.45, 7) is 0.751. The molecule has 0 saturated heterocycles. The van der Waals surface area contributed by atoms with Crippen LogP contribution in [0.25, 0.3) is 0 Å². The Hall–Kier alpha value is -3.42. The SMILES string of the molecule is N#CC1=C(C#N)C(C#N)=C(CCOCc2ccccc2)C1=C=N. The van der Waals surface area contributed by atoms with Crippen LogP contribution in [-0.2, 0) is 11.3 Å². The Morgan fingerprint density at radius 3 is 2.13 bits per heavy atom. The molecule has 0 radical (unpaired) electrons. The zero-order valence-electron chi connectivity index (χ0n) is 12.3. The highest BCUT2D eigenvalue weighted by Crippen LogP contribution is 2.36. The van der Waals surface area contributed by atoms with Crippen LogP contribution in [0.1, 0.15) is 12.0 Å². The Morgan fingerprint density at radius 1 is 0.913 bits per heavy atom. The van der Waals surface area contributed by atoms with E-state index in [-0.39, 0.29) is 22.3 Å². The molecule has 0 amide bonds. The van der Waals surface area contributed by atoms with E-state index in [1.54, 1.807) is 0 Å². The van der Waals surface area contributed by atoms with E-state index in [0.717, 1.165) is 5.56 Å². The van der Waals surface area contributed by atoms with Crippen molar-refractivity contribution in [2.75, 3.05) is 6.61 Å². The van der Waals surface area contributed by atoms with Crippen molar-refractivity contribution >= 4 is 5.87 Å². The second kappa shape index (κ2) is 7.55. The van der Waals surface area contributed by atoms with Crippen molar-refractivity contribution in [2.45, 2.75) is 13.0 Å². The third kappa shape index (κ3) is 3.26. The van der Waals surface area contributed by atoms with Gasteiger partial charge in [-0.1, -0.05) is 30.3 Å². The molecule has 23 heavy (non-hydrogen) atoms. The summed E-state index contributed by atoms with van der Waals surface area (Å²) in [5, 5.41) is 34.9. The van der Waals surface area contributed by atoms with Crippen molar-refractivity contribution in [2.24, 2.45) is 0 Å². The third-order valence-electron chi connectivity index (χ3n) is 3.42. The summed E-state index contributed by atoms with van der Waals surface area (Å²) in [5.41, 5.74) is 1.92. The van der Waals surface area contributed by atoms with Crippen LogP contribution in [0.4, 0.5) is 0 Å². The summed E-state index contributed by atoms with van der Waals surface area (Å²) in [6, 6.07) is 15.4. The maximum atomic E-state index is 9.25. The van der Waals surface area contributed by atoms with Crippen LogP contribution < -0.4 is 0 Å². The lowest BCUT2D eigenvalue weighted by atomic mass is 10.0. The van der Waals surface area contributed by atoms with Gasteiger partial charge in [0.2, 0.25) is 0 Å². The summed E-state index contributed by atoms with van der Waals surface area (Å²) < 4.78 is 5.57. The van der Waals surface area contributed by atoms with Gasteiger partial charge in [0.05, 0.1) is 35.5 Å². The van der Waals surface area contributed by atoms with Crippen LogP contribution in [0, 0.1) is 39.4 Å². The van der Waals surface area contributed by atoms with E-state index in [1.807, 2.05) is 48.5 Å². The quantitative estimate of drug-likeness (QED) is 0.666. The number of rotatable bonds is 5. The number of nitriles is 3. The smallest absolute Gasteiger partial charge is 0.102 e. The van der Waals surface area contributed by atoms with Gasteiger partial charge in [-0.3, -0.25) is 5.41 Å². The van der Waals surface area contributed by atoms with E-state index in [0.29, 0.717) is 25.2 Å². The second-order valence-electron chi connectivity index (χ2n) is 4.73. The van der Waals surface area contributed by atoms with E-state index < -0.39 is 0 Å². The molecule has 5 heteroatoms. The summed E-state index contributed by atoms with van der Waals surface area (Å²) in [7, 11) is 0. The molecule has 5 nitrogen and oxygen atoms in total. The van der Waals surface area contributed by atoms with Gasteiger partial charge in [-0.25, -0.2) is 0 Å². The minimum absolute atomic E-state index is 0.0165. The molecule has 0 saturated carbocycles. The van der Waals surface area contributed by atoms with Crippen LogP contribution >= 0.6 is 0 Å². The van der Waals surface area contributed by atoms with Gasteiger partial charge >= 0.3 is 0 Å². The van der Waals surface area contributed by atoms with Gasteiger partial charge in [0.1, 0.15) is 18.2 Å². The van der Waals surface area contributed by atoms with Crippen LogP contribution in [-0.4, -0.2) is 12.5 Å².